The van der Waals surface area contributed by atoms with Gasteiger partial charge in [0.25, 0.3) is 0 Å². The first-order valence-electron chi connectivity index (χ1n) is 8.08. The van der Waals surface area contributed by atoms with Gasteiger partial charge >= 0.3 is 0 Å². The molecule has 4 nitrogen and oxygen atoms in total. The summed E-state index contributed by atoms with van der Waals surface area (Å²) in [6, 6.07) is 3.28. The first kappa shape index (κ1) is 13.7. The van der Waals surface area contributed by atoms with E-state index in [0.29, 0.717) is 18.0 Å². The van der Waals surface area contributed by atoms with E-state index in [9.17, 15) is 4.79 Å². The molecule has 0 aromatic carbocycles. The molecule has 4 rings (SSSR count). The van der Waals surface area contributed by atoms with Crippen LogP contribution in [0.1, 0.15) is 24.8 Å². The lowest BCUT2D eigenvalue weighted by molar-refractivity contribution is -0.138. The standard InChI is InChI=1S/C16H23N3OS/c20-16(14-9-13-1-2-15(14)17-13)19-6-4-18(5-7-19)10-12-3-8-21-11-12/h3,8,11,13-15,17H,1-2,4-7,9-10H2. The van der Waals surface area contributed by atoms with Crippen molar-refractivity contribution in [2.45, 2.75) is 37.9 Å². The molecule has 3 aliphatic heterocycles. The van der Waals surface area contributed by atoms with E-state index in [1.54, 1.807) is 11.3 Å². The summed E-state index contributed by atoms with van der Waals surface area (Å²) in [5.41, 5.74) is 1.40. The van der Waals surface area contributed by atoms with Crippen molar-refractivity contribution < 1.29 is 4.79 Å². The van der Waals surface area contributed by atoms with Gasteiger partial charge < -0.3 is 10.2 Å². The molecule has 1 amide bonds. The predicted octanol–water partition coefficient (Wildman–Crippen LogP) is 1.53. The topological polar surface area (TPSA) is 35.6 Å². The quantitative estimate of drug-likeness (QED) is 0.920. The highest BCUT2D eigenvalue weighted by atomic mass is 32.1. The third-order valence-corrected chi connectivity index (χ3v) is 6.02. The molecule has 0 aliphatic carbocycles. The number of fused-ring (bicyclic) bond motifs is 2. The summed E-state index contributed by atoms with van der Waals surface area (Å²) >= 11 is 1.76. The monoisotopic (exact) mass is 305 g/mol. The van der Waals surface area contributed by atoms with Crippen LogP contribution in [-0.2, 0) is 11.3 Å². The second kappa shape index (κ2) is 5.71. The summed E-state index contributed by atoms with van der Waals surface area (Å²) in [4.78, 5) is 17.3. The molecule has 0 saturated carbocycles. The molecule has 21 heavy (non-hydrogen) atoms. The summed E-state index contributed by atoms with van der Waals surface area (Å²) in [5, 5.41) is 7.94. The van der Waals surface area contributed by atoms with Crippen LogP contribution in [0.4, 0.5) is 0 Å². The second-order valence-corrected chi connectivity index (χ2v) is 7.40. The average Bonchev–Trinajstić information content (AvgIpc) is 3.25. The summed E-state index contributed by atoms with van der Waals surface area (Å²) in [5.74, 6) is 0.664. The van der Waals surface area contributed by atoms with Crippen LogP contribution >= 0.6 is 11.3 Å². The van der Waals surface area contributed by atoms with Gasteiger partial charge in [-0.3, -0.25) is 9.69 Å². The van der Waals surface area contributed by atoms with E-state index >= 15 is 0 Å². The third kappa shape index (κ3) is 2.74. The molecule has 0 spiro atoms. The Hall–Kier alpha value is -0.910. The average molecular weight is 305 g/mol. The van der Waals surface area contributed by atoms with Crippen molar-refractivity contribution >= 4 is 17.2 Å². The number of nitrogens with one attached hydrogen (secondary N) is 1. The van der Waals surface area contributed by atoms with Gasteiger partial charge in [0, 0.05) is 44.8 Å². The van der Waals surface area contributed by atoms with Gasteiger partial charge in [0.15, 0.2) is 0 Å². The van der Waals surface area contributed by atoms with Crippen LogP contribution in [0.2, 0.25) is 0 Å². The zero-order valence-electron chi connectivity index (χ0n) is 12.3. The van der Waals surface area contributed by atoms with E-state index in [-0.39, 0.29) is 5.92 Å². The molecule has 3 fully saturated rings. The van der Waals surface area contributed by atoms with Crippen LogP contribution in [0.15, 0.2) is 16.8 Å². The van der Waals surface area contributed by atoms with Crippen molar-refractivity contribution in [1.29, 1.82) is 0 Å². The van der Waals surface area contributed by atoms with Gasteiger partial charge in [-0.1, -0.05) is 0 Å². The molecule has 1 N–H and O–H groups in total. The Morgan fingerprint density at radius 2 is 2.14 bits per heavy atom. The molecule has 0 radical (unpaired) electrons. The van der Waals surface area contributed by atoms with Gasteiger partial charge in [-0.05, 0) is 41.7 Å². The maximum atomic E-state index is 12.7. The van der Waals surface area contributed by atoms with Crippen molar-refractivity contribution in [3.63, 3.8) is 0 Å². The molecule has 3 aliphatic rings. The fraction of sp³-hybridized carbons (Fsp3) is 0.688. The molecular weight excluding hydrogens is 282 g/mol. The number of carbonyl (C=O) groups excluding carboxylic acids is 1. The molecule has 2 bridgehead atoms. The van der Waals surface area contributed by atoms with Gasteiger partial charge in [0.1, 0.15) is 0 Å². The molecule has 3 unspecified atom stereocenters. The fourth-order valence-electron chi connectivity index (χ4n) is 4.10. The molecule has 5 heteroatoms. The summed E-state index contributed by atoms with van der Waals surface area (Å²) < 4.78 is 0. The number of nitrogens with zero attached hydrogens (tertiary/aromatic N) is 2. The van der Waals surface area contributed by atoms with E-state index in [0.717, 1.165) is 39.1 Å². The number of piperazine rings is 1. The van der Waals surface area contributed by atoms with Gasteiger partial charge in [0.2, 0.25) is 5.91 Å². The molecule has 3 saturated heterocycles. The minimum absolute atomic E-state index is 0.257. The van der Waals surface area contributed by atoms with E-state index in [2.05, 4.69) is 31.9 Å². The molecular formula is C16H23N3OS. The molecule has 114 valence electrons. The van der Waals surface area contributed by atoms with Gasteiger partial charge in [-0.25, -0.2) is 0 Å². The van der Waals surface area contributed by atoms with E-state index in [4.69, 9.17) is 0 Å². The highest BCUT2D eigenvalue weighted by Crippen LogP contribution is 2.34. The van der Waals surface area contributed by atoms with Crippen molar-refractivity contribution in [2.24, 2.45) is 5.92 Å². The minimum Gasteiger partial charge on any atom is -0.340 e. The van der Waals surface area contributed by atoms with Gasteiger partial charge in [0.05, 0.1) is 5.92 Å². The summed E-state index contributed by atoms with van der Waals surface area (Å²) in [6.45, 7) is 4.85. The number of carbonyl (C=O) groups is 1. The SMILES string of the molecule is O=C(C1CC2CCC1N2)N1CCN(Cc2ccsc2)CC1. The van der Waals surface area contributed by atoms with Gasteiger partial charge in [-0.2, -0.15) is 11.3 Å². The zero-order valence-corrected chi connectivity index (χ0v) is 13.1. The third-order valence-electron chi connectivity index (χ3n) is 5.29. The molecule has 1 aromatic rings. The number of amides is 1. The lowest BCUT2D eigenvalue weighted by Crippen LogP contribution is -2.51. The lowest BCUT2D eigenvalue weighted by Gasteiger charge is -2.36. The summed E-state index contributed by atoms with van der Waals surface area (Å²) in [7, 11) is 0. The predicted molar refractivity (Wildman–Crippen MR) is 84.2 cm³/mol. The first-order chi connectivity index (χ1) is 10.3. The maximum absolute atomic E-state index is 12.7. The van der Waals surface area contributed by atoms with Crippen LogP contribution in [-0.4, -0.2) is 54.0 Å². The second-order valence-electron chi connectivity index (χ2n) is 6.62. The van der Waals surface area contributed by atoms with Crippen molar-refractivity contribution in [3.8, 4) is 0 Å². The Labute approximate surface area is 130 Å². The Balaban J connectivity index is 1.30. The number of rotatable bonds is 3. The minimum atomic E-state index is 0.257. The Morgan fingerprint density at radius 3 is 2.76 bits per heavy atom. The molecule has 1 aromatic heterocycles. The highest BCUT2D eigenvalue weighted by Gasteiger charge is 2.44. The highest BCUT2D eigenvalue weighted by molar-refractivity contribution is 7.07. The fourth-order valence-corrected chi connectivity index (χ4v) is 4.76. The van der Waals surface area contributed by atoms with Crippen molar-refractivity contribution in [2.75, 3.05) is 26.2 Å². The smallest absolute Gasteiger partial charge is 0.227 e. The van der Waals surface area contributed by atoms with Crippen LogP contribution in [0.5, 0.6) is 0 Å². The Morgan fingerprint density at radius 1 is 1.29 bits per heavy atom. The van der Waals surface area contributed by atoms with Crippen molar-refractivity contribution in [1.82, 2.24) is 15.1 Å². The summed E-state index contributed by atoms with van der Waals surface area (Å²) in [6.07, 6.45) is 3.53. The van der Waals surface area contributed by atoms with E-state index in [1.807, 2.05) is 0 Å². The Bertz CT molecular complexity index is 496. The van der Waals surface area contributed by atoms with E-state index in [1.165, 1.54) is 18.4 Å². The van der Waals surface area contributed by atoms with Gasteiger partial charge in [-0.15, -0.1) is 0 Å². The first-order valence-corrected chi connectivity index (χ1v) is 9.02. The van der Waals surface area contributed by atoms with Crippen LogP contribution in [0.3, 0.4) is 0 Å². The number of hydrogen-bond donors (Lipinski definition) is 1. The normalized spacial score (nSPS) is 32.8. The number of hydrogen-bond acceptors (Lipinski definition) is 4. The van der Waals surface area contributed by atoms with Crippen LogP contribution < -0.4 is 5.32 Å². The Kier molecular flexibility index (Phi) is 3.73. The largest absolute Gasteiger partial charge is 0.340 e. The molecule has 4 heterocycles. The zero-order chi connectivity index (χ0) is 14.2. The van der Waals surface area contributed by atoms with Crippen molar-refractivity contribution in [3.05, 3.63) is 22.4 Å². The lowest BCUT2D eigenvalue weighted by atomic mass is 9.88. The van der Waals surface area contributed by atoms with E-state index < -0.39 is 0 Å². The number of thiophene rings is 1. The molecule has 3 atom stereocenters. The van der Waals surface area contributed by atoms with Crippen LogP contribution in [0, 0.1) is 5.92 Å². The van der Waals surface area contributed by atoms with Crippen LogP contribution in [0.25, 0.3) is 0 Å². The maximum Gasteiger partial charge on any atom is 0.227 e.